The summed E-state index contributed by atoms with van der Waals surface area (Å²) in [6.07, 6.45) is 0. The molecule has 2 N–H and O–H groups in total. The van der Waals surface area contributed by atoms with Gasteiger partial charge in [-0.05, 0) is 17.7 Å². The van der Waals surface area contributed by atoms with Crippen molar-refractivity contribution in [2.24, 2.45) is 0 Å². The molecular weight excluding hydrogens is 163 g/mol. The monoisotopic (exact) mass is 170 g/mol. The molecule has 64 valence electrons. The molecule has 0 unspecified atom stereocenters. The minimum Gasteiger partial charge on any atom is -0.393 e. The van der Waals surface area contributed by atoms with Crippen LogP contribution in [-0.2, 0) is 6.67 Å². The molecule has 4 nitrogen and oxygen atoms in total. The van der Waals surface area contributed by atoms with Gasteiger partial charge >= 0.3 is 0 Å². The maximum absolute atomic E-state index is 12.0. The van der Waals surface area contributed by atoms with Gasteiger partial charge in [0, 0.05) is 6.07 Å². The minimum atomic E-state index is -0.664. The summed E-state index contributed by atoms with van der Waals surface area (Å²) in [4.78, 5) is 9.65. The van der Waals surface area contributed by atoms with Crippen molar-refractivity contribution >= 4 is 11.4 Å². The molecule has 0 spiro atoms. The molecule has 1 aromatic carbocycles. The van der Waals surface area contributed by atoms with Crippen molar-refractivity contribution in [2.45, 2.75) is 6.67 Å². The lowest BCUT2D eigenvalue weighted by molar-refractivity contribution is -0.383. The van der Waals surface area contributed by atoms with Crippen molar-refractivity contribution in [3.63, 3.8) is 0 Å². The number of nitrogens with two attached hydrogens (primary N) is 1. The number of rotatable bonds is 2. The van der Waals surface area contributed by atoms with E-state index in [0.717, 1.165) is 0 Å². The predicted molar refractivity (Wildman–Crippen MR) is 42.3 cm³/mol. The van der Waals surface area contributed by atoms with Crippen molar-refractivity contribution in [3.8, 4) is 0 Å². The molecule has 0 heterocycles. The Morgan fingerprint density at radius 1 is 1.58 bits per heavy atom. The van der Waals surface area contributed by atoms with Crippen molar-refractivity contribution in [1.82, 2.24) is 0 Å². The van der Waals surface area contributed by atoms with E-state index in [-0.39, 0.29) is 11.4 Å². The second kappa shape index (κ2) is 3.17. The Balaban J connectivity index is 3.12. The van der Waals surface area contributed by atoms with Crippen LogP contribution in [0, 0.1) is 10.1 Å². The maximum atomic E-state index is 12.0. The van der Waals surface area contributed by atoms with Crippen molar-refractivity contribution in [3.05, 3.63) is 33.9 Å². The molecule has 0 aliphatic carbocycles. The van der Waals surface area contributed by atoms with Gasteiger partial charge in [-0.2, -0.15) is 0 Å². The normalized spacial score (nSPS) is 9.75. The molecule has 0 aliphatic heterocycles. The van der Waals surface area contributed by atoms with E-state index in [2.05, 4.69) is 0 Å². The van der Waals surface area contributed by atoms with Crippen LogP contribution in [0.25, 0.3) is 0 Å². The third-order valence-corrected chi connectivity index (χ3v) is 1.44. The number of hydrogen-bond acceptors (Lipinski definition) is 3. The van der Waals surface area contributed by atoms with Gasteiger partial charge in [0.2, 0.25) is 0 Å². The summed E-state index contributed by atoms with van der Waals surface area (Å²) in [6.45, 7) is -0.664. The van der Waals surface area contributed by atoms with Gasteiger partial charge in [0.05, 0.1) is 4.92 Å². The third kappa shape index (κ3) is 1.50. The number of alkyl halides is 1. The fourth-order valence-corrected chi connectivity index (χ4v) is 0.853. The highest BCUT2D eigenvalue weighted by molar-refractivity contribution is 5.59. The number of nitro groups is 1. The van der Waals surface area contributed by atoms with E-state index in [1.165, 1.54) is 18.2 Å². The first kappa shape index (κ1) is 8.45. The minimum absolute atomic E-state index is 0.00449. The zero-order chi connectivity index (χ0) is 9.14. The molecule has 0 bridgehead atoms. The average molecular weight is 170 g/mol. The number of anilines is 1. The average Bonchev–Trinajstić information content (AvgIpc) is 2.03. The molecule has 5 heteroatoms. The molecule has 0 amide bonds. The second-order valence-electron chi connectivity index (χ2n) is 2.28. The lowest BCUT2D eigenvalue weighted by Crippen LogP contribution is -1.96. The SMILES string of the molecule is Nc1cc(CF)ccc1[N+](=O)[O-]. The Hall–Kier alpha value is -1.65. The Kier molecular flexibility index (Phi) is 2.23. The van der Waals surface area contributed by atoms with Crippen molar-refractivity contribution < 1.29 is 9.31 Å². The fraction of sp³-hybridized carbons (Fsp3) is 0.143. The first-order valence-electron chi connectivity index (χ1n) is 3.24. The fourth-order valence-electron chi connectivity index (χ4n) is 0.853. The number of nitro benzene ring substituents is 1. The van der Waals surface area contributed by atoms with Crippen molar-refractivity contribution in [2.75, 3.05) is 5.73 Å². The lowest BCUT2D eigenvalue weighted by atomic mass is 10.2. The summed E-state index contributed by atoms with van der Waals surface area (Å²) in [5.41, 5.74) is 5.44. The Morgan fingerprint density at radius 2 is 2.25 bits per heavy atom. The highest BCUT2D eigenvalue weighted by atomic mass is 19.1. The van der Waals surface area contributed by atoms with E-state index < -0.39 is 11.6 Å². The molecule has 0 aliphatic rings. The number of nitrogen functional groups attached to an aromatic ring is 1. The van der Waals surface area contributed by atoms with Crippen LogP contribution < -0.4 is 5.73 Å². The zero-order valence-electron chi connectivity index (χ0n) is 6.16. The van der Waals surface area contributed by atoms with Gasteiger partial charge in [-0.3, -0.25) is 10.1 Å². The van der Waals surface area contributed by atoms with Crippen LogP contribution in [0.2, 0.25) is 0 Å². The summed E-state index contributed by atoms with van der Waals surface area (Å²) in [7, 11) is 0. The molecule has 12 heavy (non-hydrogen) atoms. The first-order valence-corrected chi connectivity index (χ1v) is 3.24. The summed E-state index contributed by atoms with van der Waals surface area (Å²) < 4.78 is 12.0. The Labute approximate surface area is 68.0 Å². The topological polar surface area (TPSA) is 69.2 Å². The van der Waals surface area contributed by atoms with Gasteiger partial charge in [-0.25, -0.2) is 4.39 Å². The largest absolute Gasteiger partial charge is 0.393 e. The van der Waals surface area contributed by atoms with E-state index in [1.54, 1.807) is 0 Å². The molecule has 0 aromatic heterocycles. The van der Waals surface area contributed by atoms with Crippen LogP contribution >= 0.6 is 0 Å². The zero-order valence-corrected chi connectivity index (χ0v) is 6.16. The summed E-state index contributed by atoms with van der Waals surface area (Å²) in [5.74, 6) is 0. The quantitative estimate of drug-likeness (QED) is 0.416. The number of hydrogen-bond donors (Lipinski definition) is 1. The van der Waals surface area contributed by atoms with E-state index in [4.69, 9.17) is 5.73 Å². The molecule has 0 fully saturated rings. The van der Waals surface area contributed by atoms with Gasteiger partial charge in [0.25, 0.3) is 5.69 Å². The van der Waals surface area contributed by atoms with Gasteiger partial charge in [0.1, 0.15) is 12.4 Å². The van der Waals surface area contributed by atoms with Gasteiger partial charge in [0.15, 0.2) is 0 Å². The second-order valence-corrected chi connectivity index (χ2v) is 2.28. The van der Waals surface area contributed by atoms with E-state index in [9.17, 15) is 14.5 Å². The standard InChI is InChI=1S/C7H7FN2O2/c8-4-5-1-2-7(10(11)12)6(9)3-5/h1-3H,4,9H2. The number of halogens is 1. The molecule has 0 saturated carbocycles. The molecule has 0 atom stereocenters. The lowest BCUT2D eigenvalue weighted by Gasteiger charge is -1.98. The molecule has 1 rings (SSSR count). The van der Waals surface area contributed by atoms with Gasteiger partial charge < -0.3 is 5.73 Å². The highest BCUT2D eigenvalue weighted by Gasteiger charge is 2.10. The number of benzene rings is 1. The first-order chi connectivity index (χ1) is 5.65. The molecule has 1 aromatic rings. The molecule has 0 radical (unpaired) electrons. The van der Waals surface area contributed by atoms with Gasteiger partial charge in [-0.1, -0.05) is 0 Å². The molecule has 0 saturated heterocycles. The summed E-state index contributed by atoms with van der Waals surface area (Å²) in [5, 5.41) is 10.3. The molecular formula is C7H7FN2O2. The van der Waals surface area contributed by atoms with Gasteiger partial charge in [-0.15, -0.1) is 0 Å². The maximum Gasteiger partial charge on any atom is 0.292 e. The van der Waals surface area contributed by atoms with Crippen LogP contribution in [0.15, 0.2) is 18.2 Å². The van der Waals surface area contributed by atoms with Crippen LogP contribution in [-0.4, -0.2) is 4.92 Å². The Morgan fingerprint density at radius 3 is 2.67 bits per heavy atom. The highest BCUT2D eigenvalue weighted by Crippen LogP contribution is 2.22. The van der Waals surface area contributed by atoms with Crippen LogP contribution in [0.1, 0.15) is 5.56 Å². The van der Waals surface area contributed by atoms with Crippen molar-refractivity contribution in [1.29, 1.82) is 0 Å². The van der Waals surface area contributed by atoms with Crippen LogP contribution in [0.3, 0.4) is 0 Å². The predicted octanol–water partition coefficient (Wildman–Crippen LogP) is 1.65. The van der Waals surface area contributed by atoms with Crippen LogP contribution in [0.4, 0.5) is 15.8 Å². The summed E-state index contributed by atoms with van der Waals surface area (Å²) in [6, 6.07) is 3.80. The van der Waals surface area contributed by atoms with E-state index in [1.807, 2.05) is 0 Å². The smallest absolute Gasteiger partial charge is 0.292 e. The summed E-state index contributed by atoms with van der Waals surface area (Å²) >= 11 is 0. The Bertz CT molecular complexity index is 314. The third-order valence-electron chi connectivity index (χ3n) is 1.44. The van der Waals surface area contributed by atoms with E-state index >= 15 is 0 Å². The van der Waals surface area contributed by atoms with E-state index in [0.29, 0.717) is 5.56 Å². The number of nitrogens with zero attached hydrogens (tertiary/aromatic N) is 1. The van der Waals surface area contributed by atoms with Crippen LogP contribution in [0.5, 0.6) is 0 Å².